The van der Waals surface area contributed by atoms with Crippen molar-refractivity contribution in [3.8, 4) is 11.8 Å². The van der Waals surface area contributed by atoms with Gasteiger partial charge in [-0.25, -0.2) is 0 Å². The predicted molar refractivity (Wildman–Crippen MR) is 44.0 cm³/mol. The number of unbranched alkanes of at least 4 members (excludes halogenated alkanes) is 2. The van der Waals surface area contributed by atoms with Gasteiger partial charge in [0.25, 0.3) is 0 Å². The van der Waals surface area contributed by atoms with Gasteiger partial charge in [-0.15, -0.1) is 0 Å². The van der Waals surface area contributed by atoms with E-state index in [9.17, 15) is 4.79 Å². The lowest BCUT2D eigenvalue weighted by Gasteiger charge is -1.91. The third-order valence-corrected chi connectivity index (χ3v) is 1.25. The molecule has 0 aromatic carbocycles. The zero-order chi connectivity index (χ0) is 8.69. The summed E-state index contributed by atoms with van der Waals surface area (Å²) in [6.07, 6.45) is 1.90. The van der Waals surface area contributed by atoms with Crippen molar-refractivity contribution in [3.63, 3.8) is 0 Å². The fraction of sp³-hybridized carbons (Fsp3) is 0.667. The lowest BCUT2D eigenvalue weighted by Crippen LogP contribution is -2.12. The largest absolute Gasteiger partial charge is 0.385 e. The van der Waals surface area contributed by atoms with Crippen LogP contribution in [0.3, 0.4) is 0 Å². The number of carbonyl (C=O) groups excluding carboxylic acids is 1. The van der Waals surface area contributed by atoms with Gasteiger partial charge in [0.05, 0.1) is 0 Å². The van der Waals surface area contributed by atoms with Gasteiger partial charge in [-0.3, -0.25) is 4.79 Å². The SMILES string of the molecule is CCCCC#CC(=O)C(C)O. The molecule has 0 spiro atoms. The second-order valence-corrected chi connectivity index (χ2v) is 2.45. The summed E-state index contributed by atoms with van der Waals surface area (Å²) < 4.78 is 0. The van der Waals surface area contributed by atoms with Gasteiger partial charge < -0.3 is 5.11 Å². The lowest BCUT2D eigenvalue weighted by molar-refractivity contribution is -0.120. The molecule has 0 aliphatic heterocycles. The molecular weight excluding hydrogens is 140 g/mol. The van der Waals surface area contributed by atoms with E-state index < -0.39 is 6.10 Å². The van der Waals surface area contributed by atoms with Gasteiger partial charge in [-0.1, -0.05) is 19.3 Å². The van der Waals surface area contributed by atoms with Crippen molar-refractivity contribution in [2.45, 2.75) is 39.2 Å². The van der Waals surface area contributed by atoms with Gasteiger partial charge in [0.1, 0.15) is 6.10 Å². The van der Waals surface area contributed by atoms with Crippen LogP contribution in [-0.4, -0.2) is 17.0 Å². The molecule has 0 aliphatic rings. The highest BCUT2D eigenvalue weighted by atomic mass is 16.3. The summed E-state index contributed by atoms with van der Waals surface area (Å²) in [5.74, 6) is 4.70. The van der Waals surface area contributed by atoms with Crippen LogP contribution in [0.25, 0.3) is 0 Å². The quantitative estimate of drug-likeness (QED) is 0.376. The maximum Gasteiger partial charge on any atom is 0.233 e. The van der Waals surface area contributed by atoms with Crippen LogP contribution in [-0.2, 0) is 4.79 Å². The zero-order valence-electron chi connectivity index (χ0n) is 7.05. The molecule has 1 unspecified atom stereocenters. The molecule has 0 bridgehead atoms. The normalized spacial score (nSPS) is 11.5. The van der Waals surface area contributed by atoms with Crippen LogP contribution >= 0.6 is 0 Å². The summed E-state index contributed by atoms with van der Waals surface area (Å²) in [5.41, 5.74) is 0. The number of aliphatic hydroxyl groups is 1. The first-order chi connectivity index (χ1) is 5.18. The Balaban J connectivity index is 3.60. The van der Waals surface area contributed by atoms with Gasteiger partial charge in [-0.2, -0.15) is 0 Å². The van der Waals surface area contributed by atoms with Gasteiger partial charge in [0.2, 0.25) is 5.78 Å². The lowest BCUT2D eigenvalue weighted by atomic mass is 10.2. The van der Waals surface area contributed by atoms with Gasteiger partial charge >= 0.3 is 0 Å². The molecule has 0 aromatic rings. The molecule has 0 rings (SSSR count). The number of ketones is 1. The summed E-state index contributed by atoms with van der Waals surface area (Å²) in [6.45, 7) is 3.50. The van der Waals surface area contributed by atoms with Gasteiger partial charge in [0, 0.05) is 6.42 Å². The smallest absolute Gasteiger partial charge is 0.233 e. The first kappa shape index (κ1) is 10.2. The molecule has 1 N–H and O–H groups in total. The van der Waals surface area contributed by atoms with Crippen LogP contribution in [0.5, 0.6) is 0 Å². The minimum absolute atomic E-state index is 0.388. The summed E-state index contributed by atoms with van der Waals surface area (Å²) in [7, 11) is 0. The summed E-state index contributed by atoms with van der Waals surface area (Å²) in [5, 5.41) is 8.73. The molecule has 0 amide bonds. The maximum atomic E-state index is 10.7. The third kappa shape index (κ3) is 5.63. The molecule has 0 fully saturated rings. The van der Waals surface area contributed by atoms with Crippen molar-refractivity contribution < 1.29 is 9.90 Å². The summed E-state index contributed by atoms with van der Waals surface area (Å²) in [4.78, 5) is 10.7. The monoisotopic (exact) mass is 154 g/mol. The Labute approximate surface area is 67.6 Å². The van der Waals surface area contributed by atoms with Crippen molar-refractivity contribution in [2.24, 2.45) is 0 Å². The van der Waals surface area contributed by atoms with Gasteiger partial charge in [-0.05, 0) is 19.3 Å². The second-order valence-electron chi connectivity index (χ2n) is 2.45. The number of rotatable bonds is 3. The zero-order valence-corrected chi connectivity index (χ0v) is 7.05. The fourth-order valence-corrected chi connectivity index (χ4v) is 0.519. The predicted octanol–water partition coefficient (Wildman–Crippen LogP) is 1.13. The Morgan fingerprint density at radius 3 is 2.73 bits per heavy atom. The highest BCUT2D eigenvalue weighted by Crippen LogP contribution is 1.90. The Kier molecular flexibility index (Phi) is 5.50. The molecule has 0 aromatic heterocycles. The van der Waals surface area contributed by atoms with Crippen molar-refractivity contribution in [1.29, 1.82) is 0 Å². The molecule has 2 nitrogen and oxygen atoms in total. The first-order valence-corrected chi connectivity index (χ1v) is 3.89. The molecule has 1 atom stereocenters. The maximum absolute atomic E-state index is 10.7. The Morgan fingerprint density at radius 2 is 2.27 bits per heavy atom. The van der Waals surface area contributed by atoms with Crippen molar-refractivity contribution in [3.05, 3.63) is 0 Å². The van der Waals surface area contributed by atoms with E-state index in [2.05, 4.69) is 18.8 Å². The summed E-state index contributed by atoms with van der Waals surface area (Å²) >= 11 is 0. The second kappa shape index (κ2) is 5.94. The Hall–Kier alpha value is -0.810. The third-order valence-electron chi connectivity index (χ3n) is 1.25. The molecule has 62 valence electrons. The topological polar surface area (TPSA) is 37.3 Å². The van der Waals surface area contributed by atoms with E-state index in [0.29, 0.717) is 0 Å². The molecule has 2 heteroatoms. The van der Waals surface area contributed by atoms with Crippen LogP contribution in [0.1, 0.15) is 33.1 Å². The van der Waals surface area contributed by atoms with Crippen molar-refractivity contribution in [2.75, 3.05) is 0 Å². The average Bonchev–Trinajstić information content (AvgIpc) is 1.97. The van der Waals surface area contributed by atoms with E-state index in [1.807, 2.05) is 0 Å². The van der Waals surface area contributed by atoms with E-state index in [-0.39, 0.29) is 5.78 Å². The highest BCUT2D eigenvalue weighted by molar-refractivity contribution is 5.98. The van der Waals surface area contributed by atoms with E-state index in [1.165, 1.54) is 6.92 Å². The number of carbonyl (C=O) groups is 1. The van der Waals surface area contributed by atoms with Crippen LogP contribution in [0.2, 0.25) is 0 Å². The van der Waals surface area contributed by atoms with Crippen LogP contribution in [0, 0.1) is 11.8 Å². The van der Waals surface area contributed by atoms with Crippen LogP contribution < -0.4 is 0 Å². The van der Waals surface area contributed by atoms with Crippen LogP contribution in [0.4, 0.5) is 0 Å². The molecule has 0 radical (unpaired) electrons. The number of hydrogen-bond donors (Lipinski definition) is 1. The van der Waals surface area contributed by atoms with E-state index >= 15 is 0 Å². The summed E-state index contributed by atoms with van der Waals surface area (Å²) in [6, 6.07) is 0. The molecular formula is C9H14O2. The first-order valence-electron chi connectivity index (χ1n) is 3.89. The highest BCUT2D eigenvalue weighted by Gasteiger charge is 2.02. The van der Waals surface area contributed by atoms with E-state index in [4.69, 9.17) is 5.11 Å². The molecule has 0 saturated heterocycles. The Bertz CT molecular complexity index is 172. The minimum Gasteiger partial charge on any atom is -0.385 e. The van der Waals surface area contributed by atoms with Crippen molar-refractivity contribution in [1.82, 2.24) is 0 Å². The average molecular weight is 154 g/mol. The number of hydrogen-bond acceptors (Lipinski definition) is 2. The van der Waals surface area contributed by atoms with E-state index in [0.717, 1.165) is 19.3 Å². The van der Waals surface area contributed by atoms with Gasteiger partial charge in [0.15, 0.2) is 0 Å². The molecule has 0 heterocycles. The molecule has 11 heavy (non-hydrogen) atoms. The van der Waals surface area contributed by atoms with E-state index in [1.54, 1.807) is 0 Å². The van der Waals surface area contributed by atoms with Crippen molar-refractivity contribution >= 4 is 5.78 Å². The fourth-order valence-electron chi connectivity index (χ4n) is 0.519. The van der Waals surface area contributed by atoms with Crippen LogP contribution in [0.15, 0.2) is 0 Å². The minimum atomic E-state index is -0.941. The molecule has 0 aliphatic carbocycles. The standard InChI is InChI=1S/C9H14O2/c1-3-4-5-6-7-9(11)8(2)10/h8,10H,3-5H2,1-2H3. The Morgan fingerprint density at radius 1 is 1.64 bits per heavy atom. The number of Topliss-reactive ketones (excluding diaryl/α,β-unsaturated/α-hetero) is 1. The molecule has 0 saturated carbocycles. The number of aliphatic hydroxyl groups excluding tert-OH is 1.